The Morgan fingerprint density at radius 1 is 1.50 bits per heavy atom. The summed E-state index contributed by atoms with van der Waals surface area (Å²) in [5.74, 6) is 0. The van der Waals surface area contributed by atoms with E-state index in [2.05, 4.69) is 11.9 Å². The Hall–Kier alpha value is -0.970. The number of nitrogens with zero attached hydrogens (tertiary/aromatic N) is 1. The topological polar surface area (TPSA) is 52.0 Å². The van der Waals surface area contributed by atoms with Gasteiger partial charge < -0.3 is 10.2 Å². The summed E-state index contributed by atoms with van der Waals surface area (Å²) in [7, 11) is 0. The summed E-state index contributed by atoms with van der Waals surface area (Å²) in [5.41, 5.74) is 7.14. The lowest BCUT2D eigenvalue weighted by atomic mass is 10.0. The number of halogens is 1. The Balaban J connectivity index is 2.26. The van der Waals surface area contributed by atoms with Crippen molar-refractivity contribution in [1.29, 1.82) is 0 Å². The van der Waals surface area contributed by atoms with Crippen molar-refractivity contribution in [3.63, 3.8) is 0 Å². The zero-order chi connectivity index (χ0) is 13.0. The predicted molar refractivity (Wildman–Crippen MR) is 74.0 cm³/mol. The summed E-state index contributed by atoms with van der Waals surface area (Å²) in [5, 5.41) is 1.30. The van der Waals surface area contributed by atoms with Gasteiger partial charge in [-0.1, -0.05) is 30.7 Å². The molecule has 0 aliphatic rings. The van der Waals surface area contributed by atoms with Crippen LogP contribution in [0, 0.1) is 0 Å². The van der Waals surface area contributed by atoms with Crippen LogP contribution in [0.4, 0.5) is 0 Å². The fourth-order valence-corrected chi connectivity index (χ4v) is 2.75. The molecule has 0 radical (unpaired) electrons. The predicted octanol–water partition coefficient (Wildman–Crippen LogP) is 3.76. The molecule has 1 unspecified atom stereocenters. The van der Waals surface area contributed by atoms with E-state index in [1.54, 1.807) is 12.5 Å². The second kappa shape index (κ2) is 6.27. The first kappa shape index (κ1) is 13.5. The van der Waals surface area contributed by atoms with Crippen molar-refractivity contribution in [2.75, 3.05) is 0 Å². The van der Waals surface area contributed by atoms with Crippen molar-refractivity contribution in [3.05, 3.63) is 41.2 Å². The second-order valence-electron chi connectivity index (χ2n) is 4.00. The number of nitrogens with two attached hydrogens (primary N) is 1. The summed E-state index contributed by atoms with van der Waals surface area (Å²) >= 11 is 7.68. The van der Waals surface area contributed by atoms with Gasteiger partial charge in [0.05, 0.1) is 11.2 Å². The van der Waals surface area contributed by atoms with Gasteiger partial charge in [0.25, 0.3) is 5.22 Å². The van der Waals surface area contributed by atoms with Gasteiger partial charge in [-0.2, -0.15) is 0 Å². The van der Waals surface area contributed by atoms with Crippen molar-refractivity contribution < 1.29 is 4.42 Å². The first-order chi connectivity index (χ1) is 8.70. The lowest BCUT2D eigenvalue weighted by molar-refractivity contribution is 0.454. The third kappa shape index (κ3) is 3.28. The van der Waals surface area contributed by atoms with E-state index < -0.39 is 0 Å². The van der Waals surface area contributed by atoms with E-state index in [0.29, 0.717) is 10.2 Å². The Morgan fingerprint density at radius 3 is 3.00 bits per heavy atom. The van der Waals surface area contributed by atoms with Crippen LogP contribution in [0.5, 0.6) is 0 Å². The highest BCUT2D eigenvalue weighted by molar-refractivity contribution is 7.99. The van der Waals surface area contributed by atoms with Crippen LogP contribution >= 0.6 is 23.4 Å². The normalized spacial score (nSPS) is 12.6. The number of benzene rings is 1. The molecular formula is C13H15ClN2OS. The Bertz CT molecular complexity index is 502. The molecule has 1 atom stereocenters. The fourth-order valence-electron chi connectivity index (χ4n) is 1.60. The molecule has 1 heterocycles. The van der Waals surface area contributed by atoms with Crippen LogP contribution in [0.2, 0.25) is 5.02 Å². The summed E-state index contributed by atoms with van der Waals surface area (Å²) < 4.78 is 5.24. The van der Waals surface area contributed by atoms with Crippen LogP contribution in [-0.4, -0.2) is 11.0 Å². The maximum atomic E-state index is 6.24. The van der Waals surface area contributed by atoms with E-state index in [4.69, 9.17) is 21.8 Å². The maximum Gasteiger partial charge on any atom is 0.260 e. The van der Waals surface area contributed by atoms with Crippen molar-refractivity contribution in [1.82, 2.24) is 4.98 Å². The van der Waals surface area contributed by atoms with Crippen molar-refractivity contribution >= 4 is 23.4 Å². The first-order valence-electron chi connectivity index (χ1n) is 5.81. The zero-order valence-electron chi connectivity index (χ0n) is 10.1. The van der Waals surface area contributed by atoms with Crippen molar-refractivity contribution in [2.45, 2.75) is 35.9 Å². The van der Waals surface area contributed by atoms with Gasteiger partial charge in [-0.3, -0.25) is 0 Å². The molecule has 1 aromatic carbocycles. The van der Waals surface area contributed by atoms with Crippen LogP contribution in [-0.2, 0) is 6.42 Å². The molecule has 5 heteroatoms. The lowest BCUT2D eigenvalue weighted by Crippen LogP contribution is -2.21. The number of hydrogen-bond donors (Lipinski definition) is 1. The molecule has 1 aromatic heterocycles. The van der Waals surface area contributed by atoms with E-state index >= 15 is 0 Å². The van der Waals surface area contributed by atoms with Gasteiger partial charge in [0.15, 0.2) is 0 Å². The van der Waals surface area contributed by atoms with Crippen LogP contribution in [0.1, 0.15) is 18.9 Å². The second-order valence-corrected chi connectivity index (χ2v) is 5.37. The lowest BCUT2D eigenvalue weighted by Gasteiger charge is -2.13. The van der Waals surface area contributed by atoms with Crippen LogP contribution in [0.25, 0.3) is 0 Å². The van der Waals surface area contributed by atoms with E-state index in [-0.39, 0.29) is 6.04 Å². The molecule has 0 fully saturated rings. The van der Waals surface area contributed by atoms with E-state index in [1.807, 2.05) is 18.2 Å². The Morgan fingerprint density at radius 2 is 2.33 bits per heavy atom. The number of aromatic nitrogens is 1. The number of oxazole rings is 1. The highest BCUT2D eigenvalue weighted by Gasteiger charge is 2.13. The highest BCUT2D eigenvalue weighted by Crippen LogP contribution is 2.35. The van der Waals surface area contributed by atoms with Gasteiger partial charge in [0.2, 0.25) is 0 Å². The fraction of sp³-hybridized carbons (Fsp3) is 0.308. The number of rotatable bonds is 5. The highest BCUT2D eigenvalue weighted by atomic mass is 35.5. The standard InChI is InChI=1S/C13H15ClN2OS/c1-2-10(15)8-9-4-3-5-11(14)12(9)18-13-16-6-7-17-13/h3-7,10H,2,8,15H2,1H3. The molecule has 2 aromatic rings. The van der Waals surface area contributed by atoms with Gasteiger partial charge in [0.1, 0.15) is 6.26 Å². The summed E-state index contributed by atoms with van der Waals surface area (Å²) in [6.07, 6.45) is 4.92. The summed E-state index contributed by atoms with van der Waals surface area (Å²) in [6, 6.07) is 6.01. The third-order valence-electron chi connectivity index (χ3n) is 2.65. The van der Waals surface area contributed by atoms with Crippen LogP contribution in [0.15, 0.2) is 45.2 Å². The SMILES string of the molecule is CCC(N)Cc1cccc(Cl)c1Sc1ncco1. The minimum absolute atomic E-state index is 0.146. The molecule has 2 N–H and O–H groups in total. The van der Waals surface area contributed by atoms with Gasteiger partial charge >= 0.3 is 0 Å². The maximum absolute atomic E-state index is 6.24. The molecule has 18 heavy (non-hydrogen) atoms. The number of hydrogen-bond acceptors (Lipinski definition) is 4. The molecule has 0 bridgehead atoms. The average molecular weight is 283 g/mol. The molecule has 0 spiro atoms. The van der Waals surface area contributed by atoms with Crippen molar-refractivity contribution in [3.8, 4) is 0 Å². The monoisotopic (exact) mass is 282 g/mol. The molecule has 96 valence electrons. The smallest absolute Gasteiger partial charge is 0.260 e. The van der Waals surface area contributed by atoms with Crippen LogP contribution < -0.4 is 5.73 Å². The van der Waals surface area contributed by atoms with E-state index in [0.717, 1.165) is 23.3 Å². The van der Waals surface area contributed by atoms with Crippen LogP contribution in [0.3, 0.4) is 0 Å². The van der Waals surface area contributed by atoms with Crippen molar-refractivity contribution in [2.24, 2.45) is 5.73 Å². The van der Waals surface area contributed by atoms with Gasteiger partial charge in [-0.25, -0.2) is 4.98 Å². The van der Waals surface area contributed by atoms with E-state index in [9.17, 15) is 0 Å². The summed E-state index contributed by atoms with van der Waals surface area (Å²) in [4.78, 5) is 5.08. The average Bonchev–Trinajstić information content (AvgIpc) is 2.86. The Kier molecular flexibility index (Phi) is 4.69. The minimum atomic E-state index is 0.146. The largest absolute Gasteiger partial charge is 0.440 e. The third-order valence-corrected chi connectivity index (χ3v) is 4.14. The van der Waals surface area contributed by atoms with Gasteiger partial charge in [-0.05, 0) is 36.2 Å². The molecule has 2 rings (SSSR count). The zero-order valence-corrected chi connectivity index (χ0v) is 11.7. The minimum Gasteiger partial charge on any atom is -0.440 e. The quantitative estimate of drug-likeness (QED) is 0.907. The first-order valence-corrected chi connectivity index (χ1v) is 7.00. The van der Waals surface area contributed by atoms with Gasteiger partial charge in [0, 0.05) is 10.9 Å². The molecule has 0 saturated carbocycles. The van der Waals surface area contributed by atoms with E-state index in [1.165, 1.54) is 11.8 Å². The summed E-state index contributed by atoms with van der Waals surface area (Å²) in [6.45, 7) is 2.08. The van der Waals surface area contributed by atoms with Gasteiger partial charge in [-0.15, -0.1) is 0 Å². The molecular weight excluding hydrogens is 268 g/mol. The molecule has 0 amide bonds. The molecule has 0 aliphatic heterocycles. The molecule has 0 saturated heterocycles. The molecule has 3 nitrogen and oxygen atoms in total. The molecule has 0 aliphatic carbocycles. The Labute approximate surface area is 116 Å².